The Hall–Kier alpha value is -1.64. The van der Waals surface area contributed by atoms with Crippen molar-refractivity contribution in [2.75, 3.05) is 13.1 Å². The summed E-state index contributed by atoms with van der Waals surface area (Å²) in [5.74, 6) is 2.83. The zero-order valence-electron chi connectivity index (χ0n) is 18.5. The Kier molecular flexibility index (Phi) is 7.76. The highest BCUT2D eigenvalue weighted by Gasteiger charge is 2.40. The highest BCUT2D eigenvalue weighted by molar-refractivity contribution is 14.0. The van der Waals surface area contributed by atoms with Gasteiger partial charge in [0.15, 0.2) is 11.8 Å². The van der Waals surface area contributed by atoms with Crippen molar-refractivity contribution in [3.63, 3.8) is 0 Å². The largest absolute Gasteiger partial charge is 0.350 e. The van der Waals surface area contributed by atoms with Crippen LogP contribution in [0.2, 0.25) is 0 Å². The van der Waals surface area contributed by atoms with E-state index in [4.69, 9.17) is 4.99 Å². The fourth-order valence-corrected chi connectivity index (χ4v) is 4.82. The molecular weight excluding hydrogens is 487 g/mol. The van der Waals surface area contributed by atoms with Gasteiger partial charge in [-0.15, -0.1) is 34.2 Å². The van der Waals surface area contributed by atoms with Gasteiger partial charge in [0.2, 0.25) is 0 Å². The minimum absolute atomic E-state index is 0. The molecule has 1 unspecified atom stereocenters. The molecule has 2 aromatic rings. The van der Waals surface area contributed by atoms with E-state index in [2.05, 4.69) is 57.7 Å². The Morgan fingerprint density at radius 1 is 1.13 bits per heavy atom. The molecule has 0 radical (unpaired) electrons. The Balaban J connectivity index is 0.00000256. The van der Waals surface area contributed by atoms with Gasteiger partial charge in [-0.05, 0) is 44.1 Å². The second-order valence-electron chi connectivity index (χ2n) is 8.87. The van der Waals surface area contributed by atoms with Crippen LogP contribution in [0.15, 0.2) is 35.3 Å². The summed E-state index contributed by atoms with van der Waals surface area (Å²) in [5.41, 5.74) is 1.78. The van der Waals surface area contributed by atoms with Gasteiger partial charge in [-0.25, -0.2) is 4.99 Å². The molecule has 2 fully saturated rings. The molecule has 7 heteroatoms. The molecule has 0 amide bonds. The van der Waals surface area contributed by atoms with E-state index in [1.165, 1.54) is 44.1 Å². The molecule has 164 valence electrons. The number of hydrogen-bond donors (Lipinski definition) is 1. The van der Waals surface area contributed by atoms with E-state index in [1.807, 2.05) is 18.5 Å². The van der Waals surface area contributed by atoms with Gasteiger partial charge in [-0.2, -0.15) is 0 Å². The molecule has 2 aliphatic rings. The lowest BCUT2D eigenvalue weighted by molar-refractivity contribution is 0.203. The van der Waals surface area contributed by atoms with Crippen LogP contribution in [0.25, 0.3) is 0 Å². The first-order valence-electron chi connectivity index (χ1n) is 11.0. The van der Waals surface area contributed by atoms with Crippen LogP contribution in [0, 0.1) is 12.3 Å². The van der Waals surface area contributed by atoms with E-state index in [-0.39, 0.29) is 30.0 Å². The van der Waals surface area contributed by atoms with Crippen LogP contribution in [0.5, 0.6) is 0 Å². The number of likely N-dealkylation sites (tertiary alicyclic amines) is 1. The smallest absolute Gasteiger partial charge is 0.194 e. The van der Waals surface area contributed by atoms with Gasteiger partial charge < -0.3 is 14.8 Å². The maximum atomic E-state index is 5.00. The first-order chi connectivity index (χ1) is 14.1. The molecule has 4 rings (SSSR count). The second kappa shape index (κ2) is 10.1. The van der Waals surface area contributed by atoms with Gasteiger partial charge in [0.25, 0.3) is 0 Å². The standard InChI is InChI=1S/C23H34N6.HI/c1-18(20-10-6-4-7-11-20)25-22(24-16-21-27-26-19(2)28(21)3)29-15-14-23(17-29)12-8-5-9-13-23;/h4,6-7,10-11,18H,5,8-9,12-17H2,1-3H3,(H,24,25);1H. The summed E-state index contributed by atoms with van der Waals surface area (Å²) in [6.45, 7) is 6.95. The highest BCUT2D eigenvalue weighted by Crippen LogP contribution is 2.43. The van der Waals surface area contributed by atoms with Gasteiger partial charge in [-0.3, -0.25) is 0 Å². The maximum absolute atomic E-state index is 5.00. The van der Waals surface area contributed by atoms with Crippen molar-refractivity contribution >= 4 is 29.9 Å². The number of aliphatic imine (C=N–C) groups is 1. The van der Waals surface area contributed by atoms with Crippen molar-refractivity contribution in [2.45, 2.75) is 65.0 Å². The lowest BCUT2D eigenvalue weighted by Gasteiger charge is -2.34. The average molecular weight is 522 g/mol. The van der Waals surface area contributed by atoms with E-state index in [0.29, 0.717) is 12.0 Å². The molecular formula is C23H35IN6. The number of aryl methyl sites for hydroxylation is 1. The Bertz CT molecular complexity index is 841. The fourth-order valence-electron chi connectivity index (χ4n) is 4.82. The quantitative estimate of drug-likeness (QED) is 0.362. The van der Waals surface area contributed by atoms with Crippen molar-refractivity contribution in [1.29, 1.82) is 0 Å². The van der Waals surface area contributed by atoms with Crippen molar-refractivity contribution in [3.05, 3.63) is 47.5 Å². The first kappa shape index (κ1) is 23.0. The predicted octanol–water partition coefficient (Wildman–Crippen LogP) is 4.60. The maximum Gasteiger partial charge on any atom is 0.194 e. The molecule has 1 saturated heterocycles. The number of nitrogens with one attached hydrogen (secondary N) is 1. The van der Waals surface area contributed by atoms with E-state index in [9.17, 15) is 0 Å². The highest BCUT2D eigenvalue weighted by atomic mass is 127. The second-order valence-corrected chi connectivity index (χ2v) is 8.87. The Morgan fingerprint density at radius 3 is 2.53 bits per heavy atom. The van der Waals surface area contributed by atoms with E-state index in [1.54, 1.807) is 0 Å². The summed E-state index contributed by atoms with van der Waals surface area (Å²) < 4.78 is 2.02. The van der Waals surface area contributed by atoms with Crippen molar-refractivity contribution in [1.82, 2.24) is 25.0 Å². The summed E-state index contributed by atoms with van der Waals surface area (Å²) in [6, 6.07) is 10.8. The molecule has 6 nitrogen and oxygen atoms in total. The van der Waals surface area contributed by atoms with Crippen LogP contribution in [0.4, 0.5) is 0 Å². The molecule has 1 aromatic heterocycles. The number of hydrogen-bond acceptors (Lipinski definition) is 3. The zero-order chi connectivity index (χ0) is 20.3. The van der Waals surface area contributed by atoms with Crippen LogP contribution >= 0.6 is 24.0 Å². The summed E-state index contributed by atoms with van der Waals surface area (Å²) in [4.78, 5) is 7.48. The molecule has 1 aromatic carbocycles. The van der Waals surface area contributed by atoms with Gasteiger partial charge >= 0.3 is 0 Å². The molecule has 30 heavy (non-hydrogen) atoms. The predicted molar refractivity (Wildman–Crippen MR) is 132 cm³/mol. The van der Waals surface area contributed by atoms with Crippen molar-refractivity contribution in [3.8, 4) is 0 Å². The summed E-state index contributed by atoms with van der Waals surface area (Å²) in [7, 11) is 2.01. The van der Waals surface area contributed by atoms with Crippen molar-refractivity contribution < 1.29 is 0 Å². The molecule has 1 aliphatic carbocycles. The molecule has 1 atom stereocenters. The van der Waals surface area contributed by atoms with Gasteiger partial charge in [-0.1, -0.05) is 49.6 Å². The monoisotopic (exact) mass is 522 g/mol. The molecule has 0 bridgehead atoms. The van der Waals surface area contributed by atoms with Crippen molar-refractivity contribution in [2.24, 2.45) is 17.5 Å². The minimum Gasteiger partial charge on any atom is -0.350 e. The summed E-state index contributed by atoms with van der Waals surface area (Å²) in [6.07, 6.45) is 8.19. The minimum atomic E-state index is 0. The lowest BCUT2D eigenvalue weighted by Crippen LogP contribution is -2.42. The summed E-state index contributed by atoms with van der Waals surface area (Å²) >= 11 is 0. The van der Waals surface area contributed by atoms with Gasteiger partial charge in [0.05, 0.1) is 6.04 Å². The number of rotatable bonds is 4. The molecule has 1 N–H and O–H groups in total. The first-order valence-corrected chi connectivity index (χ1v) is 11.0. The third-order valence-electron chi connectivity index (χ3n) is 6.85. The van der Waals surface area contributed by atoms with Crippen LogP contribution in [0.3, 0.4) is 0 Å². The summed E-state index contributed by atoms with van der Waals surface area (Å²) in [5, 5.41) is 12.2. The Labute approximate surface area is 197 Å². The number of halogens is 1. The Morgan fingerprint density at radius 2 is 1.87 bits per heavy atom. The number of guanidine groups is 1. The molecule has 1 aliphatic heterocycles. The van der Waals surface area contributed by atoms with E-state index < -0.39 is 0 Å². The zero-order valence-corrected chi connectivity index (χ0v) is 20.8. The van der Waals surface area contributed by atoms with Gasteiger partial charge in [0.1, 0.15) is 12.4 Å². The number of benzene rings is 1. The average Bonchev–Trinajstić information content (AvgIpc) is 3.30. The lowest BCUT2D eigenvalue weighted by atomic mass is 9.73. The van der Waals surface area contributed by atoms with Gasteiger partial charge in [0, 0.05) is 20.1 Å². The third-order valence-corrected chi connectivity index (χ3v) is 6.85. The number of nitrogens with zero attached hydrogens (tertiary/aromatic N) is 5. The molecule has 2 heterocycles. The van der Waals surface area contributed by atoms with Crippen LogP contribution in [-0.4, -0.2) is 38.7 Å². The SMILES string of the molecule is Cc1nnc(CN=C(NC(C)c2ccccc2)N2CCC3(CCCCC3)C2)n1C.I. The topological polar surface area (TPSA) is 58.3 Å². The van der Waals surface area contributed by atoms with Crippen LogP contribution in [0.1, 0.15) is 68.7 Å². The van der Waals surface area contributed by atoms with E-state index >= 15 is 0 Å². The molecule has 1 spiro atoms. The number of aromatic nitrogens is 3. The van der Waals surface area contributed by atoms with Crippen LogP contribution in [-0.2, 0) is 13.6 Å². The third kappa shape index (κ3) is 5.15. The van der Waals surface area contributed by atoms with Crippen LogP contribution < -0.4 is 5.32 Å². The normalized spacial score (nSPS) is 19.6. The molecule has 1 saturated carbocycles. The fraction of sp³-hybridized carbons (Fsp3) is 0.609. The van der Waals surface area contributed by atoms with E-state index in [0.717, 1.165) is 30.7 Å².